The molecule has 12 nitrogen and oxygen atoms in total. The number of anilines is 3. The maximum Gasteiger partial charge on any atom is 0.490 e. The van der Waals surface area contributed by atoms with Crippen molar-refractivity contribution in [3.05, 3.63) is 83.7 Å². The number of carboxylic acid groups (broad SMARTS) is 1. The number of rotatable bonds is 5. The fourth-order valence-corrected chi connectivity index (χ4v) is 5.77. The minimum atomic E-state index is -5.08. The summed E-state index contributed by atoms with van der Waals surface area (Å²) in [5.74, 6) is -3.33. The van der Waals surface area contributed by atoms with Crippen LogP contribution >= 0.6 is 0 Å². The number of β-amino-alcohol motifs (C(OH)–C–C–N with tert-alkyl or cyclic N) is 1. The standard InChI is InChI=1S/C30H26F3N7O3.C2HF3O2/c31-30(32,33)27-25-26(40(36-27)20-9-10-24-23(13-20)28(34)37-43-24)29(42)39(16-35-25)19-7-5-17(6-8-19)22-4-2-1-3-18(22)14-38-12-11-21(41)15-38;3-2(4,5)1(6)7/h1-10,13,21,35,41H,11-12,14-16H2,(H2,34,37);(H,6,7)/t21-;/m1./s1. The molecule has 1 atom stereocenters. The Hall–Kier alpha value is -5.62. The SMILES string of the molecule is Nc1noc2ccc(-n3nc(C(F)(F)F)c4c3C(=O)N(c3ccc(-c5ccccc5CN5CC[C@@H](O)C5)cc3)CN4)cc12.O=C(O)C(F)(F)F. The molecule has 262 valence electrons. The zero-order valence-corrected chi connectivity index (χ0v) is 25.7. The quantitative estimate of drug-likeness (QED) is 0.172. The Labute approximate surface area is 278 Å². The Morgan fingerprint density at radius 1 is 1.02 bits per heavy atom. The molecular formula is C32H27F6N7O5. The van der Waals surface area contributed by atoms with Crippen molar-refractivity contribution in [3.63, 3.8) is 0 Å². The summed E-state index contributed by atoms with van der Waals surface area (Å²) < 4.78 is 79.8. The summed E-state index contributed by atoms with van der Waals surface area (Å²) in [5.41, 5.74) is 8.15. The Morgan fingerprint density at radius 3 is 2.34 bits per heavy atom. The number of fused-ring (bicyclic) bond motifs is 2. The largest absolute Gasteiger partial charge is 0.490 e. The van der Waals surface area contributed by atoms with E-state index in [1.165, 1.54) is 23.1 Å². The third kappa shape index (κ3) is 6.79. The van der Waals surface area contributed by atoms with Crippen molar-refractivity contribution in [2.45, 2.75) is 31.4 Å². The highest BCUT2D eigenvalue weighted by atomic mass is 19.4. The molecule has 18 heteroatoms. The number of nitrogens with two attached hydrogens (primary N) is 1. The highest BCUT2D eigenvalue weighted by Crippen LogP contribution is 2.40. The second-order valence-corrected chi connectivity index (χ2v) is 11.5. The molecule has 2 aliphatic heterocycles. The molecule has 5 N–H and O–H groups in total. The number of hydrogen-bond donors (Lipinski definition) is 4. The Kier molecular flexibility index (Phi) is 8.91. The molecule has 1 amide bonds. The average Bonchev–Trinajstić information content (AvgIpc) is 3.78. The van der Waals surface area contributed by atoms with E-state index in [0.717, 1.165) is 34.3 Å². The van der Waals surface area contributed by atoms with Crippen LogP contribution in [0.1, 0.15) is 28.2 Å². The number of carbonyl (C=O) groups excluding carboxylic acids is 1. The minimum Gasteiger partial charge on any atom is -0.475 e. The summed E-state index contributed by atoms with van der Waals surface area (Å²) in [6.07, 6.45) is -9.44. The van der Waals surface area contributed by atoms with E-state index in [9.17, 15) is 36.2 Å². The number of carbonyl (C=O) groups is 2. The van der Waals surface area contributed by atoms with Gasteiger partial charge >= 0.3 is 18.3 Å². The van der Waals surface area contributed by atoms with E-state index in [1.54, 1.807) is 12.1 Å². The van der Waals surface area contributed by atoms with Gasteiger partial charge in [-0.25, -0.2) is 9.48 Å². The fourth-order valence-electron chi connectivity index (χ4n) is 5.77. The fraction of sp³-hybridized carbons (Fsp3) is 0.250. The number of alkyl halides is 6. The van der Waals surface area contributed by atoms with E-state index < -0.39 is 29.9 Å². The van der Waals surface area contributed by atoms with Crippen LogP contribution in [0.15, 0.2) is 71.3 Å². The van der Waals surface area contributed by atoms with Crippen molar-refractivity contribution >= 4 is 40.0 Å². The average molecular weight is 704 g/mol. The van der Waals surface area contributed by atoms with Gasteiger partial charge in [-0.05, 0) is 53.4 Å². The number of aliphatic hydroxyl groups excluding tert-OH is 1. The molecule has 2 aliphatic rings. The number of benzene rings is 3. The van der Waals surface area contributed by atoms with Crippen molar-refractivity contribution in [2.24, 2.45) is 0 Å². The zero-order valence-electron chi connectivity index (χ0n) is 25.7. The monoisotopic (exact) mass is 703 g/mol. The number of nitrogens with zero attached hydrogens (tertiary/aromatic N) is 5. The Bertz CT molecular complexity index is 2060. The number of aliphatic carboxylic acids is 1. The Morgan fingerprint density at radius 2 is 1.70 bits per heavy atom. The van der Waals surface area contributed by atoms with Gasteiger partial charge in [-0.3, -0.25) is 14.6 Å². The lowest BCUT2D eigenvalue weighted by Gasteiger charge is -2.29. The molecule has 0 bridgehead atoms. The lowest BCUT2D eigenvalue weighted by Crippen LogP contribution is -2.41. The molecule has 1 saturated heterocycles. The first kappa shape index (κ1) is 34.3. The molecular weight excluding hydrogens is 676 g/mol. The first-order chi connectivity index (χ1) is 23.6. The third-order valence-corrected chi connectivity index (χ3v) is 8.13. The first-order valence-electron chi connectivity index (χ1n) is 14.9. The van der Waals surface area contributed by atoms with Gasteiger partial charge in [0.05, 0.1) is 23.8 Å². The summed E-state index contributed by atoms with van der Waals surface area (Å²) in [5, 5.41) is 27.7. The molecule has 5 aromatic rings. The number of halogens is 6. The van der Waals surface area contributed by atoms with Gasteiger partial charge < -0.3 is 25.8 Å². The molecule has 2 aromatic heterocycles. The van der Waals surface area contributed by atoms with Crippen LogP contribution in [-0.2, 0) is 17.5 Å². The zero-order chi connectivity index (χ0) is 36.0. The minimum absolute atomic E-state index is 0.0691. The van der Waals surface area contributed by atoms with Gasteiger partial charge in [0.25, 0.3) is 5.91 Å². The van der Waals surface area contributed by atoms with Crippen LogP contribution < -0.4 is 16.0 Å². The molecule has 0 aliphatic carbocycles. The molecule has 0 radical (unpaired) electrons. The molecule has 4 heterocycles. The predicted molar refractivity (Wildman–Crippen MR) is 167 cm³/mol. The van der Waals surface area contributed by atoms with Gasteiger partial charge in [0, 0.05) is 25.3 Å². The van der Waals surface area contributed by atoms with E-state index in [4.69, 9.17) is 20.2 Å². The normalized spacial score (nSPS) is 16.6. The van der Waals surface area contributed by atoms with Crippen molar-refractivity contribution in [3.8, 4) is 16.8 Å². The molecule has 50 heavy (non-hydrogen) atoms. The van der Waals surface area contributed by atoms with E-state index in [1.807, 2.05) is 30.3 Å². The van der Waals surface area contributed by atoms with Crippen LogP contribution in [0.2, 0.25) is 0 Å². The van der Waals surface area contributed by atoms with E-state index in [2.05, 4.69) is 26.5 Å². The van der Waals surface area contributed by atoms with Gasteiger partial charge in [0.15, 0.2) is 22.8 Å². The molecule has 0 saturated carbocycles. The number of nitrogens with one attached hydrogen (secondary N) is 1. The molecule has 0 spiro atoms. The van der Waals surface area contributed by atoms with Crippen LogP contribution in [-0.4, -0.2) is 74.0 Å². The lowest BCUT2D eigenvalue weighted by molar-refractivity contribution is -0.192. The van der Waals surface area contributed by atoms with Gasteiger partial charge in [-0.15, -0.1) is 0 Å². The third-order valence-electron chi connectivity index (χ3n) is 8.13. The number of carboxylic acids is 1. The van der Waals surface area contributed by atoms with Crippen molar-refractivity contribution < 1.29 is 50.7 Å². The predicted octanol–water partition coefficient (Wildman–Crippen LogP) is 5.51. The summed E-state index contributed by atoms with van der Waals surface area (Å²) >= 11 is 0. The maximum atomic E-state index is 14.0. The van der Waals surface area contributed by atoms with Crippen molar-refractivity contribution in [1.29, 1.82) is 0 Å². The lowest BCUT2D eigenvalue weighted by atomic mass is 9.99. The van der Waals surface area contributed by atoms with Gasteiger partial charge in [0.2, 0.25) is 0 Å². The highest BCUT2D eigenvalue weighted by molar-refractivity contribution is 6.11. The Balaban J connectivity index is 0.000000561. The topological polar surface area (TPSA) is 163 Å². The number of likely N-dealkylation sites (tertiary alicyclic amines) is 1. The summed E-state index contributed by atoms with van der Waals surface area (Å²) in [7, 11) is 0. The van der Waals surface area contributed by atoms with Crippen molar-refractivity contribution in [1.82, 2.24) is 19.8 Å². The number of aliphatic hydroxyl groups is 1. The van der Waals surface area contributed by atoms with Crippen molar-refractivity contribution in [2.75, 3.05) is 35.7 Å². The van der Waals surface area contributed by atoms with Crippen LogP contribution in [0.25, 0.3) is 27.8 Å². The molecule has 0 unspecified atom stereocenters. The van der Waals surface area contributed by atoms with E-state index in [-0.39, 0.29) is 35.7 Å². The number of aromatic nitrogens is 3. The van der Waals surface area contributed by atoms with Crippen LogP contribution in [0.3, 0.4) is 0 Å². The van der Waals surface area contributed by atoms with Gasteiger partial charge in [0.1, 0.15) is 5.69 Å². The molecule has 3 aromatic carbocycles. The van der Waals surface area contributed by atoms with Crippen LogP contribution in [0, 0.1) is 0 Å². The number of nitrogen functional groups attached to an aromatic ring is 1. The first-order valence-corrected chi connectivity index (χ1v) is 14.9. The summed E-state index contributed by atoms with van der Waals surface area (Å²) in [4.78, 5) is 26.3. The summed E-state index contributed by atoms with van der Waals surface area (Å²) in [6, 6.07) is 19.8. The maximum absolute atomic E-state index is 14.0. The van der Waals surface area contributed by atoms with E-state index in [0.29, 0.717) is 29.7 Å². The highest BCUT2D eigenvalue weighted by Gasteiger charge is 2.44. The number of hydrogen-bond acceptors (Lipinski definition) is 9. The number of amides is 1. The molecule has 7 rings (SSSR count). The van der Waals surface area contributed by atoms with Gasteiger partial charge in [-0.1, -0.05) is 41.6 Å². The van der Waals surface area contributed by atoms with Crippen LogP contribution in [0.4, 0.5) is 43.5 Å². The second kappa shape index (κ2) is 13.0. The second-order valence-electron chi connectivity index (χ2n) is 11.5. The molecule has 1 fully saturated rings. The van der Waals surface area contributed by atoms with Gasteiger partial charge in [-0.2, -0.15) is 31.4 Å². The summed E-state index contributed by atoms with van der Waals surface area (Å²) in [6.45, 7) is 1.98. The van der Waals surface area contributed by atoms with Crippen LogP contribution in [0.5, 0.6) is 0 Å². The van der Waals surface area contributed by atoms with E-state index >= 15 is 0 Å². The smallest absolute Gasteiger partial charge is 0.475 e.